The van der Waals surface area contributed by atoms with E-state index in [0.717, 1.165) is 0 Å². The Morgan fingerprint density at radius 2 is 2.14 bits per heavy atom. The highest BCUT2D eigenvalue weighted by Crippen LogP contribution is 2.32. The Bertz CT molecular complexity index is 700. The second-order valence-corrected chi connectivity index (χ2v) is 9.23. The van der Waals surface area contributed by atoms with Gasteiger partial charge in [-0.25, -0.2) is 18.3 Å². The number of hydrogen-bond donors (Lipinski definition) is 2. The lowest BCUT2D eigenvalue weighted by atomic mass is 10.1. The minimum absolute atomic E-state index is 0.306. The van der Waals surface area contributed by atoms with Gasteiger partial charge in [-0.2, -0.15) is 0 Å². The lowest BCUT2D eigenvalue weighted by molar-refractivity contribution is 0.584. The van der Waals surface area contributed by atoms with Gasteiger partial charge in [0.1, 0.15) is 5.82 Å². The van der Waals surface area contributed by atoms with Crippen molar-refractivity contribution >= 4 is 39.1 Å². The molecule has 2 aromatic rings. The first-order chi connectivity index (χ1) is 10.2. The Balaban J connectivity index is 2.44. The third kappa shape index (κ3) is 4.04. The Labute approximate surface area is 140 Å². The van der Waals surface area contributed by atoms with E-state index in [1.54, 1.807) is 18.3 Å². The number of nitrogens with zero attached hydrogens (tertiary/aromatic N) is 1. The highest BCUT2D eigenvalue weighted by Gasteiger charge is 2.27. The van der Waals surface area contributed by atoms with E-state index in [1.165, 1.54) is 17.4 Å². The van der Waals surface area contributed by atoms with Crippen molar-refractivity contribution in [3.8, 4) is 0 Å². The van der Waals surface area contributed by atoms with Crippen LogP contribution in [0.15, 0.2) is 24.4 Å². The van der Waals surface area contributed by atoms with Crippen LogP contribution in [0.2, 0.25) is 5.02 Å². The van der Waals surface area contributed by atoms with Crippen LogP contribution in [-0.4, -0.2) is 13.9 Å². The Kier molecular flexibility index (Phi) is 5.21. The number of thiazole rings is 1. The highest BCUT2D eigenvalue weighted by molar-refractivity contribution is 7.84. The van der Waals surface area contributed by atoms with E-state index in [0.29, 0.717) is 20.6 Å². The summed E-state index contributed by atoms with van der Waals surface area (Å²) in [5.41, 5.74) is 6.01. The van der Waals surface area contributed by atoms with Crippen molar-refractivity contribution in [3.05, 3.63) is 45.7 Å². The maximum Gasteiger partial charge on any atom is 0.180 e. The van der Waals surface area contributed by atoms with E-state index in [1.807, 2.05) is 20.8 Å². The minimum atomic E-state index is -1.38. The van der Waals surface area contributed by atoms with Crippen LogP contribution in [0.1, 0.15) is 37.3 Å². The van der Waals surface area contributed by atoms with Gasteiger partial charge in [0, 0.05) is 21.7 Å². The average Bonchev–Trinajstić information content (AvgIpc) is 2.82. The Morgan fingerprint density at radius 1 is 1.45 bits per heavy atom. The van der Waals surface area contributed by atoms with E-state index in [9.17, 15) is 8.60 Å². The molecule has 0 amide bonds. The van der Waals surface area contributed by atoms with Gasteiger partial charge in [-0.05, 0) is 32.9 Å². The molecule has 4 nitrogen and oxygen atoms in total. The molecule has 0 saturated heterocycles. The maximum absolute atomic E-state index is 14.3. The van der Waals surface area contributed by atoms with Crippen LogP contribution in [0.3, 0.4) is 0 Å². The summed E-state index contributed by atoms with van der Waals surface area (Å²) in [6.07, 6.45) is 1.56. The molecule has 0 aliphatic carbocycles. The average molecular weight is 362 g/mol. The number of hydrogen-bond acceptors (Lipinski definition) is 4. The molecule has 1 aromatic heterocycles. The third-order valence-corrected chi connectivity index (χ3v) is 5.57. The highest BCUT2D eigenvalue weighted by atomic mass is 35.5. The molecular formula is C14H17ClFN3OS2. The molecule has 0 fully saturated rings. The molecule has 2 rings (SSSR count). The summed E-state index contributed by atoms with van der Waals surface area (Å²) in [6.45, 7) is 5.52. The van der Waals surface area contributed by atoms with Crippen LogP contribution in [-0.2, 0) is 11.0 Å². The minimum Gasteiger partial charge on any atom is -0.375 e. The van der Waals surface area contributed by atoms with Gasteiger partial charge in [0.05, 0.1) is 21.8 Å². The molecule has 0 unspecified atom stereocenters. The number of rotatable bonds is 4. The maximum atomic E-state index is 14.3. The van der Waals surface area contributed by atoms with Gasteiger partial charge in [0.25, 0.3) is 0 Å². The summed E-state index contributed by atoms with van der Waals surface area (Å²) >= 11 is 7.03. The van der Waals surface area contributed by atoms with Crippen LogP contribution in [0.5, 0.6) is 0 Å². The smallest absolute Gasteiger partial charge is 0.180 e. The molecule has 8 heteroatoms. The lowest BCUT2D eigenvalue weighted by Crippen LogP contribution is -2.36. The molecule has 1 aromatic carbocycles. The fourth-order valence-corrected chi connectivity index (χ4v) is 3.54. The molecule has 0 spiro atoms. The van der Waals surface area contributed by atoms with E-state index >= 15 is 0 Å². The number of nitrogens with one attached hydrogen (secondary N) is 1. The van der Waals surface area contributed by atoms with Crippen molar-refractivity contribution in [3.63, 3.8) is 0 Å². The molecule has 1 heterocycles. The quantitative estimate of drug-likeness (QED) is 0.873. The van der Waals surface area contributed by atoms with Gasteiger partial charge in [0.15, 0.2) is 5.13 Å². The third-order valence-electron chi connectivity index (χ3n) is 2.88. The summed E-state index contributed by atoms with van der Waals surface area (Å²) in [6, 6.07) is 3.80. The standard InChI is InChI=1S/C14H17ClFN3OS2/c1-14(2,3)22(20)19-12(11-7-18-13(17)21-11)9-5-4-8(15)6-10(9)16/h4-7,12,19H,1-3H3,(H2,17,18)/t12-,22-/m0/s1. The number of aromatic nitrogens is 1. The summed E-state index contributed by atoms with van der Waals surface area (Å²) in [7, 11) is -1.38. The monoisotopic (exact) mass is 361 g/mol. The van der Waals surface area contributed by atoms with Crippen molar-refractivity contribution in [2.75, 3.05) is 5.73 Å². The first-order valence-electron chi connectivity index (χ1n) is 6.52. The number of benzene rings is 1. The van der Waals surface area contributed by atoms with Crippen molar-refractivity contribution in [1.82, 2.24) is 9.71 Å². The molecule has 0 radical (unpaired) electrons. The molecule has 0 saturated carbocycles. The number of nitrogen functional groups attached to an aromatic ring is 1. The first kappa shape index (κ1) is 17.3. The van der Waals surface area contributed by atoms with Crippen molar-refractivity contribution in [1.29, 1.82) is 0 Å². The number of nitrogens with two attached hydrogens (primary N) is 1. The van der Waals surface area contributed by atoms with E-state index in [-0.39, 0.29) is 0 Å². The normalized spacial score (nSPS) is 14.8. The summed E-state index contributed by atoms with van der Waals surface area (Å²) in [4.78, 5) is 4.68. The lowest BCUT2D eigenvalue weighted by Gasteiger charge is -2.24. The molecular weight excluding hydrogens is 345 g/mol. The van der Waals surface area contributed by atoms with Crippen LogP contribution >= 0.6 is 22.9 Å². The van der Waals surface area contributed by atoms with Gasteiger partial charge in [-0.15, -0.1) is 11.3 Å². The second-order valence-electron chi connectivity index (χ2n) is 5.70. The topological polar surface area (TPSA) is 68.0 Å². The zero-order valence-electron chi connectivity index (χ0n) is 12.4. The molecule has 3 N–H and O–H groups in total. The van der Waals surface area contributed by atoms with Crippen LogP contribution < -0.4 is 10.5 Å². The van der Waals surface area contributed by atoms with Gasteiger partial charge in [0.2, 0.25) is 0 Å². The zero-order valence-corrected chi connectivity index (χ0v) is 14.8. The summed E-state index contributed by atoms with van der Waals surface area (Å²) < 4.78 is 29.2. The van der Waals surface area contributed by atoms with Crippen LogP contribution in [0.25, 0.3) is 0 Å². The number of halogens is 2. The predicted octanol–water partition coefficient (Wildman–Crippen LogP) is 3.66. The van der Waals surface area contributed by atoms with E-state index in [2.05, 4.69) is 9.71 Å². The van der Waals surface area contributed by atoms with Crippen molar-refractivity contribution < 1.29 is 8.60 Å². The molecule has 0 aliphatic heterocycles. The Morgan fingerprint density at radius 3 is 2.64 bits per heavy atom. The number of anilines is 1. The molecule has 0 bridgehead atoms. The van der Waals surface area contributed by atoms with Crippen LogP contribution in [0.4, 0.5) is 9.52 Å². The molecule has 120 valence electrons. The fraction of sp³-hybridized carbons (Fsp3) is 0.357. The second kappa shape index (κ2) is 6.62. The van der Waals surface area contributed by atoms with Crippen LogP contribution in [0, 0.1) is 5.82 Å². The molecule has 22 heavy (non-hydrogen) atoms. The van der Waals surface area contributed by atoms with Crippen molar-refractivity contribution in [2.45, 2.75) is 31.6 Å². The summed E-state index contributed by atoms with van der Waals surface area (Å²) in [5.74, 6) is -0.470. The van der Waals surface area contributed by atoms with Gasteiger partial charge in [-0.1, -0.05) is 17.7 Å². The van der Waals surface area contributed by atoms with Gasteiger partial charge < -0.3 is 5.73 Å². The van der Waals surface area contributed by atoms with Crippen molar-refractivity contribution in [2.24, 2.45) is 0 Å². The first-order valence-corrected chi connectivity index (χ1v) is 8.87. The molecule has 2 atom stereocenters. The fourth-order valence-electron chi connectivity index (χ4n) is 1.73. The van der Waals surface area contributed by atoms with Gasteiger partial charge >= 0.3 is 0 Å². The van der Waals surface area contributed by atoms with E-state index < -0.39 is 27.6 Å². The summed E-state index contributed by atoms with van der Waals surface area (Å²) in [5, 5.41) is 0.679. The Hall–Kier alpha value is -1.02. The SMILES string of the molecule is CC(C)(C)[S@](=O)N[C@H](c1cnc(N)s1)c1ccc(Cl)cc1F. The molecule has 0 aliphatic rings. The predicted molar refractivity (Wildman–Crippen MR) is 90.8 cm³/mol. The van der Waals surface area contributed by atoms with Gasteiger partial charge in [-0.3, -0.25) is 0 Å². The largest absolute Gasteiger partial charge is 0.375 e. The van der Waals surface area contributed by atoms with E-state index in [4.69, 9.17) is 17.3 Å². The zero-order chi connectivity index (χ0) is 16.5.